The van der Waals surface area contributed by atoms with Crippen LogP contribution in [0.2, 0.25) is 0 Å². The Morgan fingerprint density at radius 1 is 1.36 bits per heavy atom. The fourth-order valence-electron chi connectivity index (χ4n) is 3.25. The molecule has 2 aromatic rings. The number of oxazole rings is 1. The second-order valence-electron chi connectivity index (χ2n) is 6.27. The maximum Gasteiger partial charge on any atom is 0.248 e. The number of carbonyl (C=O) groups excluding carboxylic acids is 1. The first-order valence-corrected chi connectivity index (χ1v) is 8.54. The molecule has 0 radical (unpaired) electrons. The van der Waals surface area contributed by atoms with Crippen molar-refractivity contribution < 1.29 is 18.7 Å². The summed E-state index contributed by atoms with van der Waals surface area (Å²) < 4.78 is 16.3. The lowest BCUT2D eigenvalue weighted by Gasteiger charge is -2.31. The van der Waals surface area contributed by atoms with Crippen LogP contribution in [0.25, 0.3) is 0 Å². The van der Waals surface area contributed by atoms with E-state index in [0.29, 0.717) is 18.9 Å². The first-order valence-electron chi connectivity index (χ1n) is 8.54. The zero-order valence-corrected chi connectivity index (χ0v) is 14.7. The predicted octanol–water partition coefficient (Wildman–Crippen LogP) is 2.63. The first kappa shape index (κ1) is 17.5. The summed E-state index contributed by atoms with van der Waals surface area (Å²) in [6.07, 6.45) is 4.34. The smallest absolute Gasteiger partial charge is 0.248 e. The van der Waals surface area contributed by atoms with Crippen LogP contribution >= 0.6 is 0 Å². The standard InChI is InChI=1S/C19H24N2O4/c1-23-13-18(22)21-9-5-7-15(12-21)19-20-11-16(25-19)10-14-6-3-4-8-17(14)24-2/h3-4,6,8,11,15H,5,7,9-10,12-13H2,1-2H3/t15-/m1/s1. The summed E-state index contributed by atoms with van der Waals surface area (Å²) in [5.74, 6) is 2.52. The van der Waals surface area contributed by atoms with Crippen molar-refractivity contribution in [1.29, 1.82) is 0 Å². The number of ether oxygens (including phenoxy) is 2. The summed E-state index contributed by atoms with van der Waals surface area (Å²) in [6, 6.07) is 7.89. The molecule has 1 aromatic carbocycles. The number of hydrogen-bond donors (Lipinski definition) is 0. The summed E-state index contributed by atoms with van der Waals surface area (Å²) >= 11 is 0. The number of para-hydroxylation sites is 1. The van der Waals surface area contributed by atoms with Crippen molar-refractivity contribution in [2.24, 2.45) is 0 Å². The van der Waals surface area contributed by atoms with Gasteiger partial charge < -0.3 is 18.8 Å². The first-order chi connectivity index (χ1) is 12.2. The normalized spacial score (nSPS) is 17.5. The fraction of sp³-hybridized carbons (Fsp3) is 0.474. The highest BCUT2D eigenvalue weighted by molar-refractivity contribution is 5.77. The molecule has 0 aliphatic carbocycles. The molecule has 1 aliphatic rings. The number of likely N-dealkylation sites (tertiary alicyclic amines) is 1. The Morgan fingerprint density at radius 2 is 2.20 bits per heavy atom. The lowest BCUT2D eigenvalue weighted by Crippen LogP contribution is -2.40. The lowest BCUT2D eigenvalue weighted by atomic mass is 9.98. The van der Waals surface area contributed by atoms with Crippen molar-refractivity contribution in [3.05, 3.63) is 47.7 Å². The van der Waals surface area contributed by atoms with E-state index in [1.54, 1.807) is 13.3 Å². The van der Waals surface area contributed by atoms with Gasteiger partial charge in [0.25, 0.3) is 0 Å². The van der Waals surface area contributed by atoms with Gasteiger partial charge >= 0.3 is 0 Å². The van der Waals surface area contributed by atoms with Crippen LogP contribution in [0.5, 0.6) is 5.75 Å². The molecule has 134 valence electrons. The second kappa shape index (κ2) is 8.16. The highest BCUT2D eigenvalue weighted by Gasteiger charge is 2.27. The number of benzene rings is 1. The van der Waals surface area contributed by atoms with E-state index in [9.17, 15) is 4.79 Å². The van der Waals surface area contributed by atoms with Crippen molar-refractivity contribution in [3.8, 4) is 5.75 Å². The van der Waals surface area contributed by atoms with Gasteiger partial charge in [0.1, 0.15) is 18.1 Å². The molecule has 0 N–H and O–H groups in total. The highest BCUT2D eigenvalue weighted by atomic mass is 16.5. The third kappa shape index (κ3) is 4.20. The van der Waals surface area contributed by atoms with Crippen LogP contribution in [0, 0.1) is 0 Å². The summed E-state index contributed by atoms with van der Waals surface area (Å²) in [5, 5.41) is 0. The van der Waals surface area contributed by atoms with E-state index in [1.165, 1.54) is 7.11 Å². The number of hydrogen-bond acceptors (Lipinski definition) is 5. The van der Waals surface area contributed by atoms with E-state index in [2.05, 4.69) is 4.98 Å². The number of amides is 1. The number of nitrogens with zero attached hydrogens (tertiary/aromatic N) is 2. The zero-order chi connectivity index (χ0) is 17.6. The topological polar surface area (TPSA) is 64.8 Å². The van der Waals surface area contributed by atoms with E-state index in [0.717, 1.165) is 36.5 Å². The molecule has 1 fully saturated rings. The highest BCUT2D eigenvalue weighted by Crippen LogP contribution is 2.28. The van der Waals surface area contributed by atoms with Gasteiger partial charge in [0, 0.05) is 32.2 Å². The largest absolute Gasteiger partial charge is 0.496 e. The minimum Gasteiger partial charge on any atom is -0.496 e. The molecule has 2 heterocycles. The van der Waals surface area contributed by atoms with E-state index < -0.39 is 0 Å². The van der Waals surface area contributed by atoms with Crippen molar-refractivity contribution in [3.63, 3.8) is 0 Å². The number of rotatable bonds is 6. The third-order valence-electron chi connectivity index (χ3n) is 4.52. The van der Waals surface area contributed by atoms with Gasteiger partial charge in [0.2, 0.25) is 5.91 Å². The Balaban J connectivity index is 1.67. The minimum atomic E-state index is 0.0213. The minimum absolute atomic E-state index is 0.0213. The Bertz CT molecular complexity index is 713. The van der Waals surface area contributed by atoms with Crippen molar-refractivity contribution in [1.82, 2.24) is 9.88 Å². The lowest BCUT2D eigenvalue weighted by molar-refractivity contribution is -0.136. The van der Waals surface area contributed by atoms with E-state index >= 15 is 0 Å². The van der Waals surface area contributed by atoms with Gasteiger partial charge in [-0.1, -0.05) is 18.2 Å². The fourth-order valence-corrected chi connectivity index (χ4v) is 3.25. The van der Waals surface area contributed by atoms with E-state index in [-0.39, 0.29) is 18.4 Å². The summed E-state index contributed by atoms with van der Waals surface area (Å²) in [7, 11) is 3.20. The van der Waals surface area contributed by atoms with Gasteiger partial charge in [0.05, 0.1) is 19.2 Å². The number of methoxy groups -OCH3 is 2. The van der Waals surface area contributed by atoms with Crippen LogP contribution in [-0.2, 0) is 16.0 Å². The molecule has 0 unspecified atom stereocenters. The maximum absolute atomic E-state index is 12.0. The third-order valence-corrected chi connectivity index (χ3v) is 4.52. The van der Waals surface area contributed by atoms with Gasteiger partial charge in [0.15, 0.2) is 5.89 Å². The molecule has 1 amide bonds. The number of aromatic nitrogens is 1. The molecule has 3 rings (SSSR count). The summed E-state index contributed by atoms with van der Waals surface area (Å²) in [5.41, 5.74) is 1.06. The zero-order valence-electron chi connectivity index (χ0n) is 14.7. The molecule has 0 bridgehead atoms. The predicted molar refractivity (Wildman–Crippen MR) is 92.7 cm³/mol. The van der Waals surface area contributed by atoms with Crippen LogP contribution in [0.15, 0.2) is 34.9 Å². The summed E-state index contributed by atoms with van der Waals surface area (Å²) in [4.78, 5) is 18.3. The van der Waals surface area contributed by atoms with E-state index in [1.807, 2.05) is 29.2 Å². The van der Waals surface area contributed by atoms with Gasteiger partial charge in [-0.2, -0.15) is 0 Å². The van der Waals surface area contributed by atoms with Gasteiger partial charge in [-0.25, -0.2) is 4.98 Å². The van der Waals surface area contributed by atoms with Crippen LogP contribution < -0.4 is 4.74 Å². The Morgan fingerprint density at radius 3 is 3.00 bits per heavy atom. The average molecular weight is 344 g/mol. The van der Waals surface area contributed by atoms with Crippen molar-refractivity contribution in [2.75, 3.05) is 33.9 Å². The molecule has 0 saturated carbocycles. The molecule has 1 saturated heterocycles. The summed E-state index contributed by atoms with van der Waals surface area (Å²) in [6.45, 7) is 1.53. The molecule has 1 atom stereocenters. The molecule has 6 nitrogen and oxygen atoms in total. The molecular weight excluding hydrogens is 320 g/mol. The molecule has 6 heteroatoms. The van der Waals surface area contributed by atoms with Crippen LogP contribution in [0.4, 0.5) is 0 Å². The molecule has 1 aliphatic heterocycles. The average Bonchev–Trinajstić information content (AvgIpc) is 3.11. The van der Waals surface area contributed by atoms with Crippen LogP contribution in [-0.4, -0.2) is 49.7 Å². The number of carbonyl (C=O) groups is 1. The van der Waals surface area contributed by atoms with Gasteiger partial charge in [-0.15, -0.1) is 0 Å². The monoisotopic (exact) mass is 344 g/mol. The molecule has 1 aromatic heterocycles. The molecular formula is C19H24N2O4. The molecule has 0 spiro atoms. The van der Waals surface area contributed by atoms with Gasteiger partial charge in [-0.3, -0.25) is 4.79 Å². The molecule has 25 heavy (non-hydrogen) atoms. The Hall–Kier alpha value is -2.34. The van der Waals surface area contributed by atoms with Crippen molar-refractivity contribution >= 4 is 5.91 Å². The van der Waals surface area contributed by atoms with Crippen LogP contribution in [0.1, 0.15) is 36.0 Å². The second-order valence-corrected chi connectivity index (χ2v) is 6.27. The van der Waals surface area contributed by atoms with Gasteiger partial charge in [-0.05, 0) is 18.9 Å². The van der Waals surface area contributed by atoms with Crippen LogP contribution in [0.3, 0.4) is 0 Å². The number of piperidine rings is 1. The Labute approximate surface area is 147 Å². The van der Waals surface area contributed by atoms with Crippen molar-refractivity contribution in [2.45, 2.75) is 25.2 Å². The quantitative estimate of drug-likeness (QED) is 0.806. The maximum atomic E-state index is 12.0. The van der Waals surface area contributed by atoms with E-state index in [4.69, 9.17) is 13.9 Å². The SMILES string of the molecule is COCC(=O)N1CCC[C@@H](c2ncc(Cc3ccccc3OC)o2)C1. The Kier molecular flexibility index (Phi) is 5.71.